The van der Waals surface area contributed by atoms with E-state index in [0.717, 1.165) is 0 Å². The van der Waals surface area contributed by atoms with Crippen LogP contribution in [0.2, 0.25) is 0 Å². The van der Waals surface area contributed by atoms with Gasteiger partial charge < -0.3 is 10.5 Å². The van der Waals surface area contributed by atoms with Crippen molar-refractivity contribution in [2.45, 2.75) is 0 Å². The van der Waals surface area contributed by atoms with Gasteiger partial charge in [-0.15, -0.1) is 6.54 Å². The van der Waals surface area contributed by atoms with Crippen LogP contribution in [-0.2, 0) is 4.74 Å². The van der Waals surface area contributed by atoms with Crippen molar-refractivity contribution in [2.75, 3.05) is 20.3 Å². The van der Waals surface area contributed by atoms with E-state index in [4.69, 9.17) is 5.73 Å². The van der Waals surface area contributed by atoms with Crippen LogP contribution in [0.4, 0.5) is 0 Å². The van der Waals surface area contributed by atoms with E-state index in [0.29, 0.717) is 13.2 Å². The Kier molecular flexibility index (Phi) is 14.7. The third-order valence-electron chi connectivity index (χ3n) is 0.306. The molecule has 0 unspecified atom stereocenters. The van der Waals surface area contributed by atoms with Crippen molar-refractivity contribution < 1.29 is 23.6 Å². The summed E-state index contributed by atoms with van der Waals surface area (Å²) < 4.78 is 4.50. The topological polar surface area (TPSA) is 33.0 Å². The van der Waals surface area contributed by atoms with E-state index >= 15 is 0 Å². The van der Waals surface area contributed by atoms with E-state index in [1.54, 1.807) is 7.11 Å². The first-order valence-corrected chi connectivity index (χ1v) is 1.55. The summed E-state index contributed by atoms with van der Waals surface area (Å²) in [5, 5.41) is 0. The van der Waals surface area contributed by atoms with Crippen LogP contribution >= 0.6 is 0 Å². The third kappa shape index (κ3) is 8.82. The molecule has 0 radical (unpaired) electrons. The summed E-state index contributed by atoms with van der Waals surface area (Å²) >= 11 is 0. The van der Waals surface area contributed by atoms with E-state index in [1.807, 2.05) is 0 Å². The fourth-order valence-corrected chi connectivity index (χ4v) is 0.102. The van der Waals surface area contributed by atoms with Crippen molar-refractivity contribution in [3.05, 3.63) is 5.73 Å². The number of ether oxygens (including phenoxy) is 1. The average Bonchev–Trinajstić information content (AvgIpc) is 1.41. The fraction of sp³-hybridized carbons (Fsp3) is 1.00. The van der Waals surface area contributed by atoms with Crippen molar-refractivity contribution in [1.82, 2.24) is 0 Å². The summed E-state index contributed by atoms with van der Waals surface area (Å²) in [4.78, 5) is 0. The zero-order chi connectivity index (χ0) is 4.12. The monoisotopic (exact) mass is 81.1 g/mol. The summed E-state index contributed by atoms with van der Waals surface area (Å²) in [5.74, 6) is 0. The number of rotatable bonds is 2. The predicted molar refractivity (Wildman–Crippen MR) is 21.1 cm³/mol. The standard InChI is InChI=1S/C3H8NO.Li/c1-5-3-2-4;/h4H,2-3H2,1H3;/q-1;+1. The molecule has 0 aromatic carbocycles. The average molecular weight is 81.0 g/mol. The molecule has 0 saturated heterocycles. The van der Waals surface area contributed by atoms with Crippen molar-refractivity contribution >= 4 is 0 Å². The molecule has 0 bridgehead atoms. The van der Waals surface area contributed by atoms with Gasteiger partial charge in [-0.2, -0.15) is 0 Å². The molecule has 0 aliphatic carbocycles. The van der Waals surface area contributed by atoms with Crippen molar-refractivity contribution in [2.24, 2.45) is 0 Å². The van der Waals surface area contributed by atoms with E-state index in [2.05, 4.69) is 4.74 Å². The molecule has 0 aromatic rings. The van der Waals surface area contributed by atoms with Crippen LogP contribution in [-0.4, -0.2) is 20.3 Å². The van der Waals surface area contributed by atoms with Gasteiger partial charge in [0.2, 0.25) is 0 Å². The van der Waals surface area contributed by atoms with Gasteiger partial charge in [-0.05, 0) is 0 Å². The van der Waals surface area contributed by atoms with Crippen LogP contribution in [0.1, 0.15) is 0 Å². The smallest absolute Gasteiger partial charge is 0.676 e. The molecule has 0 heterocycles. The number of hydrogen-bond donors (Lipinski definition) is 0. The van der Waals surface area contributed by atoms with Gasteiger partial charge in [-0.25, -0.2) is 0 Å². The van der Waals surface area contributed by atoms with Crippen molar-refractivity contribution in [1.29, 1.82) is 0 Å². The Morgan fingerprint density at radius 2 is 2.17 bits per heavy atom. The van der Waals surface area contributed by atoms with E-state index < -0.39 is 0 Å². The number of hydrogen-bond acceptors (Lipinski definition) is 1. The number of nitrogens with one attached hydrogen (secondary N) is 1. The summed E-state index contributed by atoms with van der Waals surface area (Å²) in [6.07, 6.45) is 0. The molecule has 32 valence electrons. The first-order valence-electron chi connectivity index (χ1n) is 1.55. The third-order valence-corrected chi connectivity index (χ3v) is 0.306. The Hall–Kier alpha value is 0.517. The van der Waals surface area contributed by atoms with Gasteiger partial charge in [-0.1, -0.05) is 0 Å². The molecule has 6 heavy (non-hydrogen) atoms. The molecule has 0 aliphatic heterocycles. The van der Waals surface area contributed by atoms with Gasteiger partial charge in [0.15, 0.2) is 0 Å². The molecule has 0 atom stereocenters. The summed E-state index contributed by atoms with van der Waals surface area (Å²) in [7, 11) is 1.59. The van der Waals surface area contributed by atoms with Gasteiger partial charge in [0.1, 0.15) is 0 Å². The molecule has 1 N–H and O–H groups in total. The van der Waals surface area contributed by atoms with Crippen LogP contribution in [0, 0.1) is 0 Å². The normalized spacial score (nSPS) is 7.00. The first kappa shape index (κ1) is 9.72. The molecule has 0 rings (SSSR count). The summed E-state index contributed by atoms with van der Waals surface area (Å²) in [6.45, 7) is 0.927. The molecule has 3 heteroatoms. The molecular weight excluding hydrogens is 73.0 g/mol. The van der Waals surface area contributed by atoms with Gasteiger partial charge >= 0.3 is 18.9 Å². The molecular formula is C3H8LiNO. The Morgan fingerprint density at radius 3 is 2.17 bits per heavy atom. The van der Waals surface area contributed by atoms with Crippen molar-refractivity contribution in [3.8, 4) is 0 Å². The van der Waals surface area contributed by atoms with Gasteiger partial charge in [0.25, 0.3) is 0 Å². The molecule has 2 nitrogen and oxygen atoms in total. The zero-order valence-corrected chi connectivity index (χ0v) is 4.32. The Morgan fingerprint density at radius 1 is 1.67 bits per heavy atom. The molecule has 0 fully saturated rings. The quantitative estimate of drug-likeness (QED) is 0.344. The Labute approximate surface area is 50.2 Å². The second kappa shape index (κ2) is 9.10. The maximum atomic E-state index is 6.48. The molecule has 0 spiro atoms. The van der Waals surface area contributed by atoms with Crippen LogP contribution < -0.4 is 18.9 Å². The van der Waals surface area contributed by atoms with E-state index in [-0.39, 0.29) is 18.9 Å². The summed E-state index contributed by atoms with van der Waals surface area (Å²) in [6, 6.07) is 0. The minimum atomic E-state index is 0. The van der Waals surface area contributed by atoms with Crippen molar-refractivity contribution in [3.63, 3.8) is 0 Å². The van der Waals surface area contributed by atoms with E-state index in [1.165, 1.54) is 0 Å². The van der Waals surface area contributed by atoms with Crippen LogP contribution in [0.5, 0.6) is 0 Å². The minimum Gasteiger partial charge on any atom is -0.676 e. The largest absolute Gasteiger partial charge is 1.00 e. The maximum absolute atomic E-state index is 6.48. The Balaban J connectivity index is 0. The van der Waals surface area contributed by atoms with Crippen LogP contribution in [0.25, 0.3) is 5.73 Å². The van der Waals surface area contributed by atoms with E-state index in [9.17, 15) is 0 Å². The second-order valence-corrected chi connectivity index (χ2v) is 0.743. The molecule has 0 aliphatic rings. The SMILES string of the molecule is COCC[NH-].[Li+]. The molecule has 0 aromatic heterocycles. The first-order chi connectivity index (χ1) is 2.41. The fourth-order valence-electron chi connectivity index (χ4n) is 0.102. The maximum Gasteiger partial charge on any atom is 1.00 e. The van der Waals surface area contributed by atoms with Gasteiger partial charge in [0.05, 0.1) is 0 Å². The predicted octanol–water partition coefficient (Wildman–Crippen LogP) is -2.31. The van der Waals surface area contributed by atoms with Gasteiger partial charge in [0, 0.05) is 13.7 Å². The summed E-state index contributed by atoms with van der Waals surface area (Å²) in [5.41, 5.74) is 6.48. The Bertz CT molecular complexity index is 18.3. The minimum absolute atomic E-state index is 0. The van der Waals surface area contributed by atoms with Gasteiger partial charge in [-0.3, -0.25) is 0 Å². The zero-order valence-electron chi connectivity index (χ0n) is 4.32. The molecule has 0 amide bonds. The van der Waals surface area contributed by atoms with Crippen LogP contribution in [0.15, 0.2) is 0 Å². The number of methoxy groups -OCH3 is 1. The van der Waals surface area contributed by atoms with Crippen LogP contribution in [0.3, 0.4) is 0 Å². The molecule has 0 saturated carbocycles. The second-order valence-electron chi connectivity index (χ2n) is 0.743.